The highest BCUT2D eigenvalue weighted by Gasteiger charge is 2.22. The molecule has 0 aromatic heterocycles. The van der Waals surface area contributed by atoms with Gasteiger partial charge in [-0.2, -0.15) is 0 Å². The standard InChI is InChI=1S/C16H25N/c1-13(12-15-8-4-3-5-9-15)17-14(2)16-10-6-7-11-16/h3-5,8-9,13-14,16-17H,6-7,10-12H2,1-2H3. The molecular weight excluding hydrogens is 206 g/mol. The molecule has 1 nitrogen and oxygen atoms in total. The molecule has 1 aromatic rings. The zero-order valence-electron chi connectivity index (χ0n) is 11.2. The van der Waals surface area contributed by atoms with Crippen LogP contribution in [0.3, 0.4) is 0 Å². The molecule has 0 saturated heterocycles. The van der Waals surface area contributed by atoms with Crippen LogP contribution >= 0.6 is 0 Å². The van der Waals surface area contributed by atoms with Crippen molar-refractivity contribution < 1.29 is 0 Å². The van der Waals surface area contributed by atoms with E-state index < -0.39 is 0 Å². The minimum Gasteiger partial charge on any atom is -0.311 e. The molecular formula is C16H25N. The smallest absolute Gasteiger partial charge is 0.00817 e. The third-order valence-electron chi connectivity index (χ3n) is 4.04. The van der Waals surface area contributed by atoms with Crippen LogP contribution in [0.4, 0.5) is 0 Å². The van der Waals surface area contributed by atoms with Gasteiger partial charge < -0.3 is 5.32 Å². The lowest BCUT2D eigenvalue weighted by Crippen LogP contribution is -2.39. The van der Waals surface area contributed by atoms with E-state index in [1.807, 2.05) is 0 Å². The second-order valence-corrected chi connectivity index (χ2v) is 5.59. The van der Waals surface area contributed by atoms with Crippen molar-refractivity contribution in [3.8, 4) is 0 Å². The van der Waals surface area contributed by atoms with E-state index in [0.29, 0.717) is 12.1 Å². The summed E-state index contributed by atoms with van der Waals surface area (Å²) in [7, 11) is 0. The minimum atomic E-state index is 0.577. The summed E-state index contributed by atoms with van der Waals surface area (Å²) in [5.41, 5.74) is 1.44. The van der Waals surface area contributed by atoms with Crippen LogP contribution in [0.1, 0.15) is 45.1 Å². The second kappa shape index (κ2) is 6.20. The molecule has 2 unspecified atom stereocenters. The number of nitrogens with one attached hydrogen (secondary N) is 1. The first-order valence-corrected chi connectivity index (χ1v) is 7.05. The van der Waals surface area contributed by atoms with Crippen LogP contribution < -0.4 is 5.32 Å². The van der Waals surface area contributed by atoms with Crippen LogP contribution in [-0.4, -0.2) is 12.1 Å². The molecule has 0 amide bonds. The van der Waals surface area contributed by atoms with E-state index in [1.165, 1.54) is 31.2 Å². The first kappa shape index (κ1) is 12.6. The Labute approximate surface area is 106 Å². The second-order valence-electron chi connectivity index (χ2n) is 5.59. The molecule has 1 heteroatoms. The zero-order valence-corrected chi connectivity index (χ0v) is 11.2. The van der Waals surface area contributed by atoms with Gasteiger partial charge in [0.1, 0.15) is 0 Å². The Balaban J connectivity index is 1.78. The van der Waals surface area contributed by atoms with Crippen LogP contribution in [0, 0.1) is 5.92 Å². The van der Waals surface area contributed by atoms with Gasteiger partial charge in [0.05, 0.1) is 0 Å². The molecule has 0 radical (unpaired) electrons. The van der Waals surface area contributed by atoms with Crippen LogP contribution in [-0.2, 0) is 6.42 Å². The Bertz CT molecular complexity index is 314. The normalized spacial score (nSPS) is 20.4. The third kappa shape index (κ3) is 3.85. The van der Waals surface area contributed by atoms with Gasteiger partial charge in [-0.1, -0.05) is 43.2 Å². The van der Waals surface area contributed by atoms with Crippen LogP contribution in [0.25, 0.3) is 0 Å². The molecule has 0 heterocycles. The molecule has 17 heavy (non-hydrogen) atoms. The first-order valence-electron chi connectivity index (χ1n) is 7.05. The molecule has 94 valence electrons. The molecule has 1 aliphatic rings. The summed E-state index contributed by atoms with van der Waals surface area (Å²) in [6, 6.07) is 12.0. The lowest BCUT2D eigenvalue weighted by atomic mass is 9.98. The topological polar surface area (TPSA) is 12.0 Å². The van der Waals surface area contributed by atoms with Gasteiger partial charge in [0.15, 0.2) is 0 Å². The predicted octanol–water partition coefficient (Wildman–Crippen LogP) is 3.79. The van der Waals surface area contributed by atoms with Gasteiger partial charge in [-0.05, 0) is 44.6 Å². The molecule has 0 bridgehead atoms. The van der Waals surface area contributed by atoms with E-state index in [0.717, 1.165) is 12.3 Å². The van der Waals surface area contributed by atoms with Crippen LogP contribution in [0.15, 0.2) is 30.3 Å². The molecule has 1 fully saturated rings. The van der Waals surface area contributed by atoms with Crippen LogP contribution in [0.5, 0.6) is 0 Å². The largest absolute Gasteiger partial charge is 0.311 e. The van der Waals surface area contributed by atoms with Crippen LogP contribution in [0.2, 0.25) is 0 Å². The van der Waals surface area contributed by atoms with E-state index in [-0.39, 0.29) is 0 Å². The monoisotopic (exact) mass is 231 g/mol. The van der Waals surface area contributed by atoms with Gasteiger partial charge in [-0.15, -0.1) is 0 Å². The first-order chi connectivity index (χ1) is 8.25. The van der Waals surface area contributed by atoms with Gasteiger partial charge in [-0.3, -0.25) is 0 Å². The van der Waals surface area contributed by atoms with Crippen molar-refractivity contribution in [1.29, 1.82) is 0 Å². The quantitative estimate of drug-likeness (QED) is 0.813. The van der Waals surface area contributed by atoms with Crippen molar-refractivity contribution in [1.82, 2.24) is 5.32 Å². The third-order valence-corrected chi connectivity index (χ3v) is 4.04. The van der Waals surface area contributed by atoms with Crippen molar-refractivity contribution in [2.45, 2.75) is 58.0 Å². The van der Waals surface area contributed by atoms with Gasteiger partial charge in [0.25, 0.3) is 0 Å². The molecule has 1 aliphatic carbocycles. The summed E-state index contributed by atoms with van der Waals surface area (Å²) < 4.78 is 0. The lowest BCUT2D eigenvalue weighted by molar-refractivity contribution is 0.348. The molecule has 2 atom stereocenters. The summed E-state index contributed by atoms with van der Waals surface area (Å²) in [5, 5.41) is 3.77. The maximum atomic E-state index is 3.77. The van der Waals surface area contributed by atoms with Crippen molar-refractivity contribution >= 4 is 0 Å². The summed E-state index contributed by atoms with van der Waals surface area (Å²) in [6.45, 7) is 4.66. The molecule has 1 saturated carbocycles. The van der Waals surface area contributed by atoms with E-state index in [2.05, 4.69) is 49.5 Å². The van der Waals surface area contributed by atoms with Crippen molar-refractivity contribution in [2.75, 3.05) is 0 Å². The Morgan fingerprint density at radius 3 is 2.41 bits per heavy atom. The Morgan fingerprint density at radius 2 is 1.76 bits per heavy atom. The Hall–Kier alpha value is -0.820. The summed E-state index contributed by atoms with van der Waals surface area (Å²) in [5.74, 6) is 0.910. The molecule has 1 N–H and O–H groups in total. The van der Waals surface area contributed by atoms with Crippen molar-refractivity contribution in [2.24, 2.45) is 5.92 Å². The average molecular weight is 231 g/mol. The molecule has 2 rings (SSSR count). The Kier molecular flexibility index (Phi) is 4.61. The van der Waals surface area contributed by atoms with Gasteiger partial charge in [0, 0.05) is 12.1 Å². The maximum Gasteiger partial charge on any atom is 0.00817 e. The number of benzene rings is 1. The van der Waals surface area contributed by atoms with Gasteiger partial charge in [0.2, 0.25) is 0 Å². The predicted molar refractivity (Wildman–Crippen MR) is 74.2 cm³/mol. The highest BCUT2D eigenvalue weighted by Crippen LogP contribution is 2.27. The van der Waals surface area contributed by atoms with Gasteiger partial charge >= 0.3 is 0 Å². The molecule has 1 aromatic carbocycles. The van der Waals surface area contributed by atoms with E-state index in [1.54, 1.807) is 0 Å². The zero-order chi connectivity index (χ0) is 12.1. The summed E-state index contributed by atoms with van der Waals surface area (Å²) in [4.78, 5) is 0. The van der Waals surface area contributed by atoms with E-state index in [4.69, 9.17) is 0 Å². The Morgan fingerprint density at radius 1 is 1.12 bits per heavy atom. The summed E-state index contributed by atoms with van der Waals surface area (Å²) >= 11 is 0. The molecule has 0 spiro atoms. The van der Waals surface area contributed by atoms with Gasteiger partial charge in [-0.25, -0.2) is 0 Å². The maximum absolute atomic E-state index is 3.77. The number of hydrogen-bond acceptors (Lipinski definition) is 1. The fourth-order valence-electron chi connectivity index (χ4n) is 3.07. The summed E-state index contributed by atoms with van der Waals surface area (Å²) in [6.07, 6.45) is 6.85. The number of rotatable bonds is 5. The SMILES string of the molecule is CC(Cc1ccccc1)NC(C)C1CCCC1. The highest BCUT2D eigenvalue weighted by atomic mass is 14.9. The van der Waals surface area contributed by atoms with Crippen molar-refractivity contribution in [3.05, 3.63) is 35.9 Å². The highest BCUT2D eigenvalue weighted by molar-refractivity contribution is 5.15. The molecule has 0 aliphatic heterocycles. The fourth-order valence-corrected chi connectivity index (χ4v) is 3.07. The number of hydrogen-bond donors (Lipinski definition) is 1. The fraction of sp³-hybridized carbons (Fsp3) is 0.625. The van der Waals surface area contributed by atoms with E-state index >= 15 is 0 Å². The van der Waals surface area contributed by atoms with Crippen molar-refractivity contribution in [3.63, 3.8) is 0 Å². The average Bonchev–Trinajstić information content (AvgIpc) is 2.83. The van der Waals surface area contributed by atoms with E-state index in [9.17, 15) is 0 Å². The minimum absolute atomic E-state index is 0.577. The lowest BCUT2D eigenvalue weighted by Gasteiger charge is -2.25.